The predicted molar refractivity (Wildman–Crippen MR) is 79.9 cm³/mol. The highest BCUT2D eigenvalue weighted by Gasteiger charge is 2.24. The van der Waals surface area contributed by atoms with Crippen LogP contribution >= 0.6 is 11.3 Å². The third-order valence-electron chi connectivity index (χ3n) is 3.70. The van der Waals surface area contributed by atoms with Gasteiger partial charge in [-0.3, -0.25) is 9.59 Å². The highest BCUT2D eigenvalue weighted by atomic mass is 32.1. The maximum absolute atomic E-state index is 12.2. The van der Waals surface area contributed by atoms with E-state index in [1.807, 2.05) is 18.5 Å². The lowest BCUT2D eigenvalue weighted by molar-refractivity contribution is -0.132. The Labute approximate surface area is 123 Å². The summed E-state index contributed by atoms with van der Waals surface area (Å²) in [5, 5.41) is 5.15. The number of hydrogen-bond donors (Lipinski definition) is 1. The fraction of sp³-hybridized carbons (Fsp3) is 0.571. The number of nitrogens with zero attached hydrogens (tertiary/aromatic N) is 2. The maximum atomic E-state index is 12.2. The molecule has 0 aromatic carbocycles. The summed E-state index contributed by atoms with van der Waals surface area (Å²) in [4.78, 5) is 28.3. The Morgan fingerprint density at radius 3 is 2.65 bits per heavy atom. The first kappa shape index (κ1) is 15.0. The number of nitrogens with one attached hydrogen (secondary N) is 1. The Morgan fingerprint density at radius 1 is 1.35 bits per heavy atom. The van der Waals surface area contributed by atoms with Crippen LogP contribution in [0.4, 0.5) is 0 Å². The molecule has 1 saturated heterocycles. The van der Waals surface area contributed by atoms with Gasteiger partial charge in [0, 0.05) is 20.1 Å². The van der Waals surface area contributed by atoms with Gasteiger partial charge in [0.25, 0.3) is 5.91 Å². The molecule has 1 aromatic heterocycles. The zero-order chi connectivity index (χ0) is 14.5. The second-order valence-electron chi connectivity index (χ2n) is 5.12. The van der Waals surface area contributed by atoms with Gasteiger partial charge in [0.1, 0.15) is 0 Å². The summed E-state index contributed by atoms with van der Waals surface area (Å²) in [6.07, 6.45) is 1.95. The van der Waals surface area contributed by atoms with Gasteiger partial charge >= 0.3 is 0 Å². The normalized spacial score (nSPS) is 15.9. The van der Waals surface area contributed by atoms with Crippen molar-refractivity contribution in [1.29, 1.82) is 0 Å². The van der Waals surface area contributed by atoms with Crippen molar-refractivity contribution in [3.05, 3.63) is 22.4 Å². The molecule has 1 N–H and O–H groups in total. The lowest BCUT2D eigenvalue weighted by Crippen LogP contribution is -2.47. The summed E-state index contributed by atoms with van der Waals surface area (Å²) >= 11 is 1.40. The summed E-state index contributed by atoms with van der Waals surface area (Å²) in [5.74, 6) is -0.0867. The average Bonchev–Trinajstić information content (AvgIpc) is 3.00. The molecular weight excluding hydrogens is 274 g/mol. The number of rotatable bonds is 4. The monoisotopic (exact) mass is 295 g/mol. The molecule has 2 rings (SSSR count). The van der Waals surface area contributed by atoms with E-state index in [1.165, 1.54) is 16.2 Å². The Balaban J connectivity index is 1.88. The fourth-order valence-electron chi connectivity index (χ4n) is 2.37. The zero-order valence-corrected chi connectivity index (χ0v) is 12.8. The second-order valence-corrected chi connectivity index (χ2v) is 6.07. The molecule has 0 saturated carbocycles. The van der Waals surface area contributed by atoms with E-state index in [0.717, 1.165) is 25.9 Å². The molecule has 110 valence electrons. The van der Waals surface area contributed by atoms with Crippen molar-refractivity contribution in [2.24, 2.45) is 0 Å². The van der Waals surface area contributed by atoms with Crippen molar-refractivity contribution in [2.45, 2.75) is 18.9 Å². The summed E-state index contributed by atoms with van der Waals surface area (Å²) in [7, 11) is 3.51. The smallest absolute Gasteiger partial charge is 0.264 e. The Bertz CT molecular complexity index is 455. The Hall–Kier alpha value is -1.40. The number of thiophene rings is 1. The van der Waals surface area contributed by atoms with Crippen LogP contribution in [0.2, 0.25) is 0 Å². The van der Waals surface area contributed by atoms with Crippen molar-refractivity contribution >= 4 is 23.2 Å². The molecule has 1 fully saturated rings. The minimum Gasteiger partial charge on any atom is -0.341 e. The van der Waals surface area contributed by atoms with Crippen molar-refractivity contribution in [3.63, 3.8) is 0 Å². The molecule has 0 spiro atoms. The number of likely N-dealkylation sites (N-methyl/N-ethyl adjacent to an activating group) is 2. The number of carbonyl (C=O) groups is 2. The van der Waals surface area contributed by atoms with Crippen LogP contribution in [0.3, 0.4) is 0 Å². The van der Waals surface area contributed by atoms with Crippen LogP contribution in [0.1, 0.15) is 22.5 Å². The molecule has 5 nitrogen and oxygen atoms in total. The highest BCUT2D eigenvalue weighted by molar-refractivity contribution is 7.12. The van der Waals surface area contributed by atoms with Crippen LogP contribution in [0.15, 0.2) is 17.5 Å². The molecule has 1 aromatic rings. The van der Waals surface area contributed by atoms with Gasteiger partial charge in [0.2, 0.25) is 5.91 Å². The van der Waals surface area contributed by atoms with Gasteiger partial charge in [-0.2, -0.15) is 0 Å². The predicted octanol–water partition coefficient (Wildman–Crippen LogP) is 1.03. The number of piperidine rings is 1. The summed E-state index contributed by atoms with van der Waals surface area (Å²) in [5.41, 5.74) is 0. The first-order valence-corrected chi connectivity index (χ1v) is 7.73. The van der Waals surface area contributed by atoms with Gasteiger partial charge in [0.05, 0.1) is 11.4 Å². The number of amides is 2. The molecule has 0 radical (unpaired) electrons. The van der Waals surface area contributed by atoms with E-state index in [2.05, 4.69) is 5.32 Å². The van der Waals surface area contributed by atoms with Crippen molar-refractivity contribution in [2.75, 3.05) is 33.7 Å². The van der Waals surface area contributed by atoms with Gasteiger partial charge < -0.3 is 15.1 Å². The van der Waals surface area contributed by atoms with Gasteiger partial charge in [-0.15, -0.1) is 11.3 Å². The standard InChI is InChI=1S/C14H21N3O2S/c1-16(14(19)12-4-3-9-20-12)10-13(18)17(2)11-5-7-15-8-6-11/h3-4,9,11,15H,5-8,10H2,1-2H3. The molecule has 1 aliphatic heterocycles. The Kier molecular flexibility index (Phi) is 5.14. The van der Waals surface area contributed by atoms with Gasteiger partial charge in [-0.1, -0.05) is 6.07 Å². The van der Waals surface area contributed by atoms with Crippen LogP contribution in [-0.2, 0) is 4.79 Å². The third kappa shape index (κ3) is 3.58. The van der Waals surface area contributed by atoms with E-state index in [1.54, 1.807) is 18.0 Å². The van der Waals surface area contributed by atoms with Gasteiger partial charge in [0.15, 0.2) is 0 Å². The minimum absolute atomic E-state index is 0.00399. The number of hydrogen-bond acceptors (Lipinski definition) is 4. The molecule has 1 aliphatic rings. The minimum atomic E-state index is -0.0907. The van der Waals surface area contributed by atoms with Crippen LogP contribution in [0.25, 0.3) is 0 Å². The lowest BCUT2D eigenvalue weighted by atomic mass is 10.1. The van der Waals surface area contributed by atoms with Gasteiger partial charge in [-0.25, -0.2) is 0 Å². The Morgan fingerprint density at radius 2 is 2.05 bits per heavy atom. The molecule has 0 unspecified atom stereocenters. The molecule has 0 bridgehead atoms. The maximum Gasteiger partial charge on any atom is 0.264 e. The lowest BCUT2D eigenvalue weighted by Gasteiger charge is -2.32. The topological polar surface area (TPSA) is 52.7 Å². The van der Waals surface area contributed by atoms with Crippen LogP contribution in [0, 0.1) is 0 Å². The highest BCUT2D eigenvalue weighted by Crippen LogP contribution is 2.13. The van der Waals surface area contributed by atoms with E-state index in [4.69, 9.17) is 0 Å². The van der Waals surface area contributed by atoms with Crippen LogP contribution < -0.4 is 5.32 Å². The molecule has 20 heavy (non-hydrogen) atoms. The van der Waals surface area contributed by atoms with E-state index >= 15 is 0 Å². The fourth-order valence-corrected chi connectivity index (χ4v) is 3.09. The quantitative estimate of drug-likeness (QED) is 0.903. The molecule has 2 amide bonds. The number of carbonyl (C=O) groups excluding carboxylic acids is 2. The first-order chi connectivity index (χ1) is 9.59. The SMILES string of the molecule is CN(CC(=O)N(C)C1CCNCC1)C(=O)c1cccs1. The largest absolute Gasteiger partial charge is 0.341 e. The van der Waals surface area contributed by atoms with Crippen molar-refractivity contribution < 1.29 is 9.59 Å². The molecule has 0 atom stereocenters. The van der Waals surface area contributed by atoms with E-state index in [-0.39, 0.29) is 24.4 Å². The summed E-state index contributed by atoms with van der Waals surface area (Å²) in [6, 6.07) is 3.91. The van der Waals surface area contributed by atoms with Crippen LogP contribution in [-0.4, -0.2) is 61.4 Å². The van der Waals surface area contributed by atoms with E-state index in [0.29, 0.717) is 4.88 Å². The first-order valence-electron chi connectivity index (χ1n) is 6.85. The van der Waals surface area contributed by atoms with E-state index in [9.17, 15) is 9.59 Å². The second kappa shape index (κ2) is 6.85. The molecule has 2 heterocycles. The molecular formula is C14H21N3O2S. The summed E-state index contributed by atoms with van der Waals surface area (Å²) in [6.45, 7) is 2.04. The zero-order valence-electron chi connectivity index (χ0n) is 12.0. The van der Waals surface area contributed by atoms with Gasteiger partial charge in [-0.05, 0) is 37.4 Å². The molecule has 0 aliphatic carbocycles. The third-order valence-corrected chi connectivity index (χ3v) is 4.56. The van der Waals surface area contributed by atoms with E-state index < -0.39 is 0 Å². The van der Waals surface area contributed by atoms with Crippen molar-refractivity contribution in [3.8, 4) is 0 Å². The average molecular weight is 295 g/mol. The molecule has 6 heteroatoms. The summed E-state index contributed by atoms with van der Waals surface area (Å²) < 4.78 is 0. The van der Waals surface area contributed by atoms with Crippen molar-refractivity contribution in [1.82, 2.24) is 15.1 Å². The van der Waals surface area contributed by atoms with Crippen LogP contribution in [0.5, 0.6) is 0 Å².